The summed E-state index contributed by atoms with van der Waals surface area (Å²) >= 11 is 0. The van der Waals surface area contributed by atoms with E-state index in [9.17, 15) is 5.11 Å². The third kappa shape index (κ3) is 3.75. The van der Waals surface area contributed by atoms with Gasteiger partial charge in [0, 0.05) is 12.1 Å². The van der Waals surface area contributed by atoms with E-state index in [4.69, 9.17) is 14.2 Å². The Bertz CT molecular complexity index is 407. The van der Waals surface area contributed by atoms with Crippen molar-refractivity contribution in [3.8, 4) is 17.2 Å². The van der Waals surface area contributed by atoms with Crippen LogP contribution in [-0.4, -0.2) is 52.0 Å². The highest BCUT2D eigenvalue weighted by molar-refractivity contribution is 5.56. The maximum absolute atomic E-state index is 10.3. The van der Waals surface area contributed by atoms with Gasteiger partial charge >= 0.3 is 0 Å². The number of rotatable bonds is 7. The summed E-state index contributed by atoms with van der Waals surface area (Å²) in [6, 6.07) is 3.58. The molecule has 0 heterocycles. The molecule has 0 fully saturated rings. The standard InChI is InChI=1S/C14H23NO4/c1-15(2)9-8-11(16)10-6-7-12(17-3)14(19-5)13(10)18-4/h6-7,11,16H,8-9H2,1-5H3. The third-order valence-corrected chi connectivity index (χ3v) is 2.94. The van der Waals surface area contributed by atoms with Crippen molar-refractivity contribution in [1.29, 1.82) is 0 Å². The van der Waals surface area contributed by atoms with Gasteiger partial charge in [0.2, 0.25) is 5.75 Å². The largest absolute Gasteiger partial charge is 0.493 e. The van der Waals surface area contributed by atoms with Crippen LogP contribution in [0, 0.1) is 0 Å². The fourth-order valence-electron chi connectivity index (χ4n) is 1.92. The Balaban J connectivity index is 3.06. The fraction of sp³-hybridized carbons (Fsp3) is 0.571. The van der Waals surface area contributed by atoms with Crippen LogP contribution < -0.4 is 14.2 Å². The summed E-state index contributed by atoms with van der Waals surface area (Å²) < 4.78 is 15.9. The van der Waals surface area contributed by atoms with Crippen molar-refractivity contribution in [3.05, 3.63) is 17.7 Å². The molecule has 5 nitrogen and oxygen atoms in total. The Morgan fingerprint density at radius 1 is 1.05 bits per heavy atom. The van der Waals surface area contributed by atoms with Crippen LogP contribution in [0.2, 0.25) is 0 Å². The van der Waals surface area contributed by atoms with Crippen molar-refractivity contribution in [2.75, 3.05) is 42.0 Å². The zero-order chi connectivity index (χ0) is 14.4. The minimum Gasteiger partial charge on any atom is -0.493 e. The molecule has 1 aromatic rings. The maximum atomic E-state index is 10.3. The predicted molar refractivity (Wildman–Crippen MR) is 74.2 cm³/mol. The fourth-order valence-corrected chi connectivity index (χ4v) is 1.92. The molecule has 0 bridgehead atoms. The summed E-state index contributed by atoms with van der Waals surface area (Å²) in [5.74, 6) is 1.61. The molecule has 0 saturated heterocycles. The minimum atomic E-state index is -0.600. The molecule has 1 atom stereocenters. The molecule has 1 rings (SSSR count). The van der Waals surface area contributed by atoms with Gasteiger partial charge in [-0.25, -0.2) is 0 Å². The molecule has 5 heteroatoms. The highest BCUT2D eigenvalue weighted by atomic mass is 16.5. The lowest BCUT2D eigenvalue weighted by Crippen LogP contribution is -2.16. The van der Waals surface area contributed by atoms with Gasteiger partial charge < -0.3 is 24.2 Å². The van der Waals surface area contributed by atoms with E-state index in [1.54, 1.807) is 33.5 Å². The molecule has 0 spiro atoms. The Hall–Kier alpha value is -1.46. The van der Waals surface area contributed by atoms with Gasteiger partial charge in [-0.15, -0.1) is 0 Å². The van der Waals surface area contributed by atoms with Crippen molar-refractivity contribution >= 4 is 0 Å². The zero-order valence-electron chi connectivity index (χ0n) is 12.3. The highest BCUT2D eigenvalue weighted by Crippen LogP contribution is 2.42. The number of methoxy groups -OCH3 is 3. The van der Waals surface area contributed by atoms with Crippen LogP contribution in [0.25, 0.3) is 0 Å². The van der Waals surface area contributed by atoms with E-state index in [2.05, 4.69) is 0 Å². The van der Waals surface area contributed by atoms with Gasteiger partial charge in [-0.05, 0) is 32.6 Å². The number of nitrogens with zero attached hydrogens (tertiary/aromatic N) is 1. The molecule has 0 aliphatic heterocycles. The highest BCUT2D eigenvalue weighted by Gasteiger charge is 2.20. The molecule has 1 aromatic carbocycles. The van der Waals surface area contributed by atoms with Crippen molar-refractivity contribution in [1.82, 2.24) is 4.90 Å². The van der Waals surface area contributed by atoms with Crippen LogP contribution in [0.3, 0.4) is 0 Å². The summed E-state index contributed by atoms with van der Waals surface area (Å²) in [7, 11) is 8.62. The van der Waals surface area contributed by atoms with Crippen LogP contribution >= 0.6 is 0 Å². The molecule has 0 aliphatic carbocycles. The summed E-state index contributed by atoms with van der Waals surface area (Å²) in [4.78, 5) is 2.02. The van der Waals surface area contributed by atoms with E-state index in [-0.39, 0.29) is 0 Å². The summed E-state index contributed by atoms with van der Waals surface area (Å²) in [5, 5.41) is 10.3. The Labute approximate surface area is 114 Å². The SMILES string of the molecule is COc1ccc(C(O)CCN(C)C)c(OC)c1OC. The molecule has 1 N–H and O–H groups in total. The van der Waals surface area contributed by atoms with Gasteiger partial charge in [0.1, 0.15) is 0 Å². The monoisotopic (exact) mass is 269 g/mol. The average molecular weight is 269 g/mol. The van der Waals surface area contributed by atoms with E-state index in [0.717, 1.165) is 6.54 Å². The maximum Gasteiger partial charge on any atom is 0.203 e. The van der Waals surface area contributed by atoms with Gasteiger partial charge in [-0.3, -0.25) is 0 Å². The third-order valence-electron chi connectivity index (χ3n) is 2.94. The van der Waals surface area contributed by atoms with Gasteiger partial charge in [0.05, 0.1) is 27.4 Å². The summed E-state index contributed by atoms with van der Waals surface area (Å²) in [6.45, 7) is 0.790. The molecule has 0 amide bonds. The van der Waals surface area contributed by atoms with E-state index in [1.807, 2.05) is 19.0 Å². The van der Waals surface area contributed by atoms with Gasteiger partial charge in [0.25, 0.3) is 0 Å². The second-order valence-electron chi connectivity index (χ2n) is 4.53. The van der Waals surface area contributed by atoms with E-state index < -0.39 is 6.10 Å². The molecule has 0 radical (unpaired) electrons. The lowest BCUT2D eigenvalue weighted by molar-refractivity contribution is 0.149. The smallest absolute Gasteiger partial charge is 0.203 e. The molecular formula is C14H23NO4. The summed E-state index contributed by atoms with van der Waals surface area (Å²) in [5.41, 5.74) is 0.710. The van der Waals surface area contributed by atoms with Crippen LogP contribution in [0.5, 0.6) is 17.2 Å². The molecule has 0 saturated carbocycles. The second kappa shape index (κ2) is 7.21. The van der Waals surface area contributed by atoms with Crippen LogP contribution in [-0.2, 0) is 0 Å². The van der Waals surface area contributed by atoms with Gasteiger partial charge in [0.15, 0.2) is 11.5 Å². The number of hydrogen-bond acceptors (Lipinski definition) is 5. The van der Waals surface area contributed by atoms with E-state index in [0.29, 0.717) is 29.2 Å². The van der Waals surface area contributed by atoms with Gasteiger partial charge in [-0.1, -0.05) is 0 Å². The van der Waals surface area contributed by atoms with Crippen LogP contribution in [0.4, 0.5) is 0 Å². The zero-order valence-corrected chi connectivity index (χ0v) is 12.3. The minimum absolute atomic E-state index is 0.506. The van der Waals surface area contributed by atoms with E-state index >= 15 is 0 Å². The first-order chi connectivity index (χ1) is 9.04. The Kier molecular flexibility index (Phi) is 5.92. The summed E-state index contributed by atoms with van der Waals surface area (Å²) in [6.07, 6.45) is 0.0240. The first-order valence-corrected chi connectivity index (χ1v) is 6.16. The molecule has 19 heavy (non-hydrogen) atoms. The number of aliphatic hydroxyl groups is 1. The van der Waals surface area contributed by atoms with Crippen LogP contribution in [0.1, 0.15) is 18.1 Å². The number of aliphatic hydroxyl groups excluding tert-OH is 1. The molecule has 0 aliphatic rings. The molecule has 0 aromatic heterocycles. The number of hydrogen-bond donors (Lipinski definition) is 1. The quantitative estimate of drug-likeness (QED) is 0.816. The van der Waals surface area contributed by atoms with Gasteiger partial charge in [-0.2, -0.15) is 0 Å². The first kappa shape index (κ1) is 15.6. The lowest BCUT2D eigenvalue weighted by Gasteiger charge is -2.20. The number of ether oxygens (including phenoxy) is 3. The molecule has 1 unspecified atom stereocenters. The Morgan fingerprint density at radius 3 is 2.16 bits per heavy atom. The molecule has 108 valence electrons. The van der Waals surface area contributed by atoms with E-state index in [1.165, 1.54) is 0 Å². The normalized spacial score (nSPS) is 12.4. The molecular weight excluding hydrogens is 246 g/mol. The Morgan fingerprint density at radius 2 is 1.68 bits per heavy atom. The average Bonchev–Trinajstić information content (AvgIpc) is 2.42. The first-order valence-electron chi connectivity index (χ1n) is 6.16. The van der Waals surface area contributed by atoms with Crippen molar-refractivity contribution in [3.63, 3.8) is 0 Å². The van der Waals surface area contributed by atoms with Crippen molar-refractivity contribution < 1.29 is 19.3 Å². The second-order valence-corrected chi connectivity index (χ2v) is 4.53. The van der Waals surface area contributed by atoms with Crippen molar-refractivity contribution in [2.24, 2.45) is 0 Å². The van der Waals surface area contributed by atoms with Crippen LogP contribution in [0.15, 0.2) is 12.1 Å². The lowest BCUT2D eigenvalue weighted by atomic mass is 10.0. The van der Waals surface area contributed by atoms with Crippen molar-refractivity contribution in [2.45, 2.75) is 12.5 Å². The number of benzene rings is 1. The topological polar surface area (TPSA) is 51.2 Å². The predicted octanol–water partition coefficient (Wildman–Crippen LogP) is 1.70.